The summed E-state index contributed by atoms with van der Waals surface area (Å²) in [5, 5.41) is 2.00. The van der Waals surface area contributed by atoms with Gasteiger partial charge < -0.3 is 9.80 Å². The van der Waals surface area contributed by atoms with Crippen LogP contribution in [0.3, 0.4) is 0 Å². The van der Waals surface area contributed by atoms with Crippen LogP contribution in [0.15, 0.2) is 40.6 Å². The van der Waals surface area contributed by atoms with Gasteiger partial charge in [-0.05, 0) is 68.7 Å². The topological polar surface area (TPSA) is 60.9 Å². The number of hydrogen-bond donors (Lipinski definition) is 0. The first-order chi connectivity index (χ1) is 15.5. The van der Waals surface area contributed by atoms with E-state index < -0.39 is 10.0 Å². The molecule has 32 heavy (non-hydrogen) atoms. The summed E-state index contributed by atoms with van der Waals surface area (Å²) in [5.41, 5.74) is 1.19. The molecule has 0 N–H and O–H groups in total. The van der Waals surface area contributed by atoms with E-state index >= 15 is 0 Å². The summed E-state index contributed by atoms with van der Waals surface area (Å²) in [6, 6.07) is 9.29. The molecule has 0 spiro atoms. The van der Waals surface area contributed by atoms with E-state index in [9.17, 15) is 13.2 Å². The number of hydrogen-bond acceptors (Lipinski definition) is 5. The Kier molecular flexibility index (Phi) is 7.53. The van der Waals surface area contributed by atoms with Crippen LogP contribution in [-0.4, -0.2) is 56.3 Å². The van der Waals surface area contributed by atoms with E-state index in [4.69, 9.17) is 0 Å². The molecule has 2 fully saturated rings. The van der Waals surface area contributed by atoms with Gasteiger partial charge in [-0.15, -0.1) is 11.3 Å². The third kappa shape index (κ3) is 5.02. The average molecular weight is 476 g/mol. The number of nitrogens with zero attached hydrogens (tertiary/aromatic N) is 3. The minimum atomic E-state index is -3.66. The van der Waals surface area contributed by atoms with Gasteiger partial charge in [-0.3, -0.25) is 4.79 Å². The molecule has 0 aliphatic carbocycles. The first kappa shape index (κ1) is 23.3. The van der Waals surface area contributed by atoms with Crippen molar-refractivity contribution in [2.24, 2.45) is 0 Å². The monoisotopic (exact) mass is 475 g/mol. The van der Waals surface area contributed by atoms with Crippen LogP contribution in [0.1, 0.15) is 60.7 Å². The van der Waals surface area contributed by atoms with Crippen molar-refractivity contribution >= 4 is 33.0 Å². The van der Waals surface area contributed by atoms with Gasteiger partial charge in [0.15, 0.2) is 0 Å². The Bertz CT molecular complexity index is 1010. The van der Waals surface area contributed by atoms with Gasteiger partial charge in [-0.25, -0.2) is 8.42 Å². The van der Waals surface area contributed by atoms with Gasteiger partial charge in [0.05, 0.1) is 12.2 Å². The van der Waals surface area contributed by atoms with Crippen molar-refractivity contribution in [1.29, 1.82) is 0 Å². The number of thiophene rings is 1. The van der Waals surface area contributed by atoms with E-state index in [-0.39, 0.29) is 5.91 Å². The maximum absolute atomic E-state index is 13.7. The zero-order valence-electron chi connectivity index (χ0n) is 18.8. The van der Waals surface area contributed by atoms with E-state index in [0.717, 1.165) is 55.8 Å². The van der Waals surface area contributed by atoms with Gasteiger partial charge in [0.2, 0.25) is 10.0 Å². The van der Waals surface area contributed by atoms with E-state index in [2.05, 4.69) is 4.90 Å². The molecule has 6 nitrogen and oxygen atoms in total. The number of piperidine rings is 2. The third-order valence-corrected chi connectivity index (χ3v) is 9.22. The zero-order chi connectivity index (χ0) is 22.6. The Morgan fingerprint density at radius 2 is 1.69 bits per heavy atom. The number of anilines is 1. The van der Waals surface area contributed by atoms with E-state index in [1.165, 1.54) is 6.42 Å². The van der Waals surface area contributed by atoms with Gasteiger partial charge in [-0.2, -0.15) is 4.31 Å². The van der Waals surface area contributed by atoms with Crippen molar-refractivity contribution in [2.75, 3.05) is 37.6 Å². The highest BCUT2D eigenvalue weighted by Gasteiger charge is 2.31. The van der Waals surface area contributed by atoms with Crippen molar-refractivity contribution in [3.63, 3.8) is 0 Å². The first-order valence-electron chi connectivity index (χ1n) is 11.7. The standard InChI is InChI=1S/C24H33N3O3S2/c1-2-25(19-21-10-9-17-31-21)24(28)20-11-12-22(26-13-5-3-6-14-26)23(18-20)32(29,30)27-15-7-4-8-16-27/h9-12,17-18H,2-8,13-16,19H2,1H3. The number of sulfonamides is 1. The molecule has 0 saturated carbocycles. The zero-order valence-corrected chi connectivity index (χ0v) is 20.5. The lowest BCUT2D eigenvalue weighted by molar-refractivity contribution is 0.0754. The second kappa shape index (κ2) is 10.4. The predicted molar refractivity (Wildman–Crippen MR) is 130 cm³/mol. The summed E-state index contributed by atoms with van der Waals surface area (Å²) in [4.78, 5) is 18.7. The molecule has 2 saturated heterocycles. The van der Waals surface area contributed by atoms with Crippen LogP contribution >= 0.6 is 11.3 Å². The molecule has 0 atom stereocenters. The van der Waals surface area contributed by atoms with Gasteiger partial charge in [0.1, 0.15) is 4.90 Å². The van der Waals surface area contributed by atoms with Crippen LogP contribution in [0, 0.1) is 0 Å². The van der Waals surface area contributed by atoms with Gasteiger partial charge in [0.25, 0.3) is 5.91 Å². The molecule has 2 aromatic rings. The van der Waals surface area contributed by atoms with Crippen LogP contribution in [-0.2, 0) is 16.6 Å². The highest BCUT2D eigenvalue weighted by molar-refractivity contribution is 7.89. The molecule has 2 aliphatic rings. The smallest absolute Gasteiger partial charge is 0.254 e. The van der Waals surface area contributed by atoms with Crippen molar-refractivity contribution in [2.45, 2.75) is 56.9 Å². The summed E-state index contributed by atoms with van der Waals surface area (Å²) >= 11 is 1.62. The number of amides is 1. The fourth-order valence-corrected chi connectivity index (χ4v) is 7.07. The van der Waals surface area contributed by atoms with E-state index in [1.807, 2.05) is 30.5 Å². The Balaban J connectivity index is 1.69. The molecule has 2 aliphatic heterocycles. The molecule has 8 heteroatoms. The SMILES string of the molecule is CCN(Cc1cccs1)C(=O)c1ccc(N2CCCCC2)c(S(=O)(=O)N2CCCCC2)c1. The summed E-state index contributed by atoms with van der Waals surface area (Å²) in [7, 11) is -3.66. The average Bonchev–Trinajstić information content (AvgIpc) is 3.36. The Morgan fingerprint density at radius 3 is 2.31 bits per heavy atom. The van der Waals surface area contributed by atoms with Crippen LogP contribution in [0.2, 0.25) is 0 Å². The van der Waals surface area contributed by atoms with Crippen LogP contribution in [0.5, 0.6) is 0 Å². The highest BCUT2D eigenvalue weighted by Crippen LogP contribution is 2.33. The first-order valence-corrected chi connectivity index (χ1v) is 14.0. The van der Waals surface area contributed by atoms with E-state index in [1.54, 1.807) is 32.7 Å². The van der Waals surface area contributed by atoms with Crippen LogP contribution in [0.25, 0.3) is 0 Å². The quantitative estimate of drug-likeness (QED) is 0.588. The summed E-state index contributed by atoms with van der Waals surface area (Å²) in [5.74, 6) is -0.124. The summed E-state index contributed by atoms with van der Waals surface area (Å²) in [6.07, 6.45) is 6.15. The molecule has 0 radical (unpaired) electrons. The molecule has 1 amide bonds. The molecular formula is C24H33N3O3S2. The highest BCUT2D eigenvalue weighted by atomic mass is 32.2. The largest absolute Gasteiger partial charge is 0.370 e. The molecule has 0 bridgehead atoms. The van der Waals surface area contributed by atoms with Gasteiger partial charge in [0, 0.05) is 43.2 Å². The van der Waals surface area contributed by atoms with Crippen molar-refractivity contribution < 1.29 is 13.2 Å². The normalized spacial score (nSPS) is 18.0. The Labute approximate surface area is 195 Å². The maximum atomic E-state index is 13.7. The Hall–Kier alpha value is -1.90. The fraction of sp³-hybridized carbons (Fsp3) is 0.542. The molecular weight excluding hydrogens is 442 g/mol. The number of carbonyl (C=O) groups is 1. The van der Waals surface area contributed by atoms with Crippen LogP contribution < -0.4 is 4.90 Å². The minimum Gasteiger partial charge on any atom is -0.370 e. The van der Waals surface area contributed by atoms with Gasteiger partial charge in [-0.1, -0.05) is 12.5 Å². The molecule has 4 rings (SSSR count). The summed E-state index contributed by atoms with van der Waals surface area (Å²) in [6.45, 7) is 5.89. The lowest BCUT2D eigenvalue weighted by Crippen LogP contribution is -2.38. The lowest BCUT2D eigenvalue weighted by atomic mass is 10.1. The second-order valence-corrected chi connectivity index (χ2v) is 11.5. The lowest BCUT2D eigenvalue weighted by Gasteiger charge is -2.33. The van der Waals surface area contributed by atoms with Crippen LogP contribution in [0.4, 0.5) is 5.69 Å². The van der Waals surface area contributed by atoms with E-state index in [0.29, 0.717) is 36.6 Å². The van der Waals surface area contributed by atoms with Gasteiger partial charge >= 0.3 is 0 Å². The molecule has 174 valence electrons. The molecule has 0 unspecified atom stereocenters. The van der Waals surface area contributed by atoms with Crippen molar-refractivity contribution in [1.82, 2.24) is 9.21 Å². The van der Waals surface area contributed by atoms with Crippen molar-refractivity contribution in [3.8, 4) is 0 Å². The molecule has 3 heterocycles. The maximum Gasteiger partial charge on any atom is 0.254 e. The number of rotatable bonds is 7. The number of benzene rings is 1. The second-order valence-electron chi connectivity index (χ2n) is 8.59. The summed E-state index contributed by atoms with van der Waals surface area (Å²) < 4.78 is 29.0. The fourth-order valence-electron chi connectivity index (χ4n) is 4.59. The molecule has 1 aromatic heterocycles. The predicted octanol–water partition coefficient (Wildman–Crippen LogP) is 4.58. The van der Waals surface area contributed by atoms with Crippen molar-refractivity contribution in [3.05, 3.63) is 46.2 Å². The third-order valence-electron chi connectivity index (χ3n) is 6.43. The molecule has 1 aromatic carbocycles. The Morgan fingerprint density at radius 1 is 1.00 bits per heavy atom. The minimum absolute atomic E-state index is 0.124. The number of carbonyl (C=O) groups excluding carboxylic acids is 1.